The average Bonchev–Trinajstić information content (AvgIpc) is 2.61. The molecule has 1 N–H and O–H groups in total. The van der Waals surface area contributed by atoms with Gasteiger partial charge in [0.2, 0.25) is 0 Å². The minimum atomic E-state index is -0.899. The predicted octanol–water partition coefficient (Wildman–Crippen LogP) is 5.15. The molecule has 2 atom stereocenters. The van der Waals surface area contributed by atoms with Crippen LogP contribution in [0.15, 0.2) is 53.0 Å². The van der Waals surface area contributed by atoms with Crippen molar-refractivity contribution in [3.8, 4) is 0 Å². The maximum absolute atomic E-state index is 12.4. The van der Waals surface area contributed by atoms with Crippen LogP contribution in [0.3, 0.4) is 0 Å². The van der Waals surface area contributed by atoms with Gasteiger partial charge < -0.3 is 10.1 Å². The van der Waals surface area contributed by atoms with E-state index in [1.807, 2.05) is 30.3 Å². The molecule has 0 saturated heterocycles. The summed E-state index contributed by atoms with van der Waals surface area (Å²) >= 11 is 3.31. The van der Waals surface area contributed by atoms with E-state index in [0.717, 1.165) is 17.7 Å². The largest absolute Gasteiger partial charge is 0.449 e. The van der Waals surface area contributed by atoms with E-state index in [1.54, 1.807) is 25.1 Å². The number of nitrogens with one attached hydrogen (secondary N) is 1. The Bertz CT molecular complexity index is 760. The van der Waals surface area contributed by atoms with E-state index >= 15 is 0 Å². The number of esters is 1. The molecule has 0 fully saturated rings. The molecule has 1 amide bonds. The Balaban J connectivity index is 2.06. The fraction of sp³-hybridized carbons (Fsp3) is 0.300. The second-order valence-corrected chi connectivity index (χ2v) is 6.77. The van der Waals surface area contributed by atoms with Crippen molar-refractivity contribution < 1.29 is 14.3 Å². The Kier molecular flexibility index (Phi) is 6.76. The molecule has 0 aliphatic heterocycles. The molecule has 2 aromatic carbocycles. The van der Waals surface area contributed by atoms with E-state index in [0.29, 0.717) is 16.0 Å². The van der Waals surface area contributed by atoms with Crippen LogP contribution in [0, 0.1) is 0 Å². The molecular formula is C20H22BrNO3. The lowest BCUT2D eigenvalue weighted by atomic mass is 9.97. The van der Waals surface area contributed by atoms with Crippen LogP contribution in [-0.4, -0.2) is 18.0 Å². The number of carbonyl (C=O) groups excluding carboxylic acids is 2. The van der Waals surface area contributed by atoms with Gasteiger partial charge in [-0.3, -0.25) is 4.79 Å². The molecular weight excluding hydrogens is 382 g/mol. The third-order valence-corrected chi connectivity index (χ3v) is 4.80. The number of halogens is 1. The first kappa shape index (κ1) is 19.2. The summed E-state index contributed by atoms with van der Waals surface area (Å²) in [5.41, 5.74) is 2.22. The molecule has 0 aromatic heterocycles. The highest BCUT2D eigenvalue weighted by Crippen LogP contribution is 2.26. The quantitative estimate of drug-likeness (QED) is 0.678. The van der Waals surface area contributed by atoms with Crippen LogP contribution in [0.25, 0.3) is 0 Å². The van der Waals surface area contributed by atoms with Crippen LogP contribution >= 0.6 is 15.9 Å². The first-order valence-electron chi connectivity index (χ1n) is 8.29. The summed E-state index contributed by atoms with van der Waals surface area (Å²) < 4.78 is 5.93. The van der Waals surface area contributed by atoms with Crippen molar-refractivity contribution in [1.29, 1.82) is 0 Å². The molecule has 0 unspecified atom stereocenters. The van der Waals surface area contributed by atoms with Crippen LogP contribution in [0.2, 0.25) is 0 Å². The molecule has 0 radical (unpaired) electrons. The third-order valence-electron chi connectivity index (χ3n) is 4.11. The summed E-state index contributed by atoms with van der Waals surface area (Å²) in [5.74, 6) is -0.559. The highest BCUT2D eigenvalue weighted by atomic mass is 79.9. The van der Waals surface area contributed by atoms with Gasteiger partial charge in [0.15, 0.2) is 6.10 Å². The lowest BCUT2D eigenvalue weighted by Gasteiger charge is -2.18. The van der Waals surface area contributed by atoms with E-state index in [2.05, 4.69) is 35.1 Å². The van der Waals surface area contributed by atoms with Crippen LogP contribution in [0.4, 0.5) is 5.69 Å². The van der Waals surface area contributed by atoms with Gasteiger partial charge in [-0.1, -0.05) is 44.2 Å². The Hall–Kier alpha value is -2.14. The zero-order chi connectivity index (χ0) is 18.4. The minimum absolute atomic E-state index is 0.328. The Morgan fingerprint density at radius 1 is 1.08 bits per heavy atom. The van der Waals surface area contributed by atoms with Gasteiger partial charge in [0.1, 0.15) is 0 Å². The van der Waals surface area contributed by atoms with E-state index < -0.39 is 12.1 Å². The maximum atomic E-state index is 12.4. The maximum Gasteiger partial charge on any atom is 0.340 e. The number of carbonyl (C=O) groups is 2. The molecule has 0 saturated carbocycles. The van der Waals surface area contributed by atoms with Gasteiger partial charge in [0.05, 0.1) is 5.56 Å². The van der Waals surface area contributed by atoms with E-state index in [-0.39, 0.29) is 5.91 Å². The number of para-hydroxylation sites is 1. The summed E-state index contributed by atoms with van der Waals surface area (Å²) in [4.78, 5) is 24.6. The molecule has 25 heavy (non-hydrogen) atoms. The van der Waals surface area contributed by atoms with Gasteiger partial charge >= 0.3 is 5.97 Å². The van der Waals surface area contributed by atoms with Gasteiger partial charge in [-0.25, -0.2) is 4.79 Å². The van der Waals surface area contributed by atoms with Crippen LogP contribution < -0.4 is 5.32 Å². The predicted molar refractivity (Wildman–Crippen MR) is 103 cm³/mol. The number of benzene rings is 2. The first-order valence-corrected chi connectivity index (χ1v) is 9.08. The number of rotatable bonds is 6. The van der Waals surface area contributed by atoms with Gasteiger partial charge in [-0.15, -0.1) is 0 Å². The standard InChI is InChI=1S/C20H22BrNO3/c1-4-13(2)15-9-6-8-12-18(15)22-19(23)14(3)25-20(24)16-10-5-7-11-17(16)21/h5-14H,4H2,1-3H3,(H,22,23)/t13-,14-/m1/s1. The molecule has 0 heterocycles. The number of hydrogen-bond acceptors (Lipinski definition) is 3. The molecule has 132 valence electrons. The molecule has 2 rings (SSSR count). The van der Waals surface area contributed by atoms with Crippen molar-refractivity contribution in [2.24, 2.45) is 0 Å². The number of amides is 1. The summed E-state index contributed by atoms with van der Waals surface area (Å²) in [7, 11) is 0. The highest BCUT2D eigenvalue weighted by molar-refractivity contribution is 9.10. The van der Waals surface area contributed by atoms with Gasteiger partial charge in [-0.2, -0.15) is 0 Å². The average molecular weight is 404 g/mol. The SMILES string of the molecule is CC[C@@H](C)c1ccccc1NC(=O)[C@@H](C)OC(=O)c1ccccc1Br. The van der Waals surface area contributed by atoms with Crippen LogP contribution in [0.5, 0.6) is 0 Å². The molecule has 0 bridgehead atoms. The van der Waals surface area contributed by atoms with Gasteiger partial charge in [0, 0.05) is 10.2 Å². The summed E-state index contributed by atoms with van der Waals surface area (Å²) in [6.45, 7) is 5.78. The minimum Gasteiger partial charge on any atom is -0.449 e. The molecule has 5 heteroatoms. The smallest absolute Gasteiger partial charge is 0.340 e. The summed E-state index contributed by atoms with van der Waals surface area (Å²) in [6, 6.07) is 14.6. The lowest BCUT2D eigenvalue weighted by molar-refractivity contribution is -0.123. The molecule has 0 aliphatic rings. The zero-order valence-electron chi connectivity index (χ0n) is 14.6. The van der Waals surface area contributed by atoms with Crippen LogP contribution in [-0.2, 0) is 9.53 Å². The highest BCUT2D eigenvalue weighted by Gasteiger charge is 2.21. The van der Waals surface area contributed by atoms with Crippen molar-refractivity contribution in [1.82, 2.24) is 0 Å². The van der Waals surface area contributed by atoms with Crippen molar-refractivity contribution in [3.05, 3.63) is 64.1 Å². The monoisotopic (exact) mass is 403 g/mol. The Morgan fingerprint density at radius 2 is 1.72 bits per heavy atom. The number of anilines is 1. The Morgan fingerprint density at radius 3 is 2.40 bits per heavy atom. The van der Waals surface area contributed by atoms with Gasteiger partial charge in [-0.05, 0) is 59.0 Å². The van der Waals surface area contributed by atoms with E-state index in [1.165, 1.54) is 0 Å². The first-order chi connectivity index (χ1) is 11.9. The molecule has 0 aliphatic carbocycles. The number of hydrogen-bond donors (Lipinski definition) is 1. The zero-order valence-corrected chi connectivity index (χ0v) is 16.2. The van der Waals surface area contributed by atoms with E-state index in [4.69, 9.17) is 4.74 Å². The van der Waals surface area contributed by atoms with Crippen LogP contribution in [0.1, 0.15) is 49.0 Å². The van der Waals surface area contributed by atoms with Crippen molar-refractivity contribution in [3.63, 3.8) is 0 Å². The number of ether oxygens (including phenoxy) is 1. The Labute approximate surface area is 156 Å². The second kappa shape index (κ2) is 8.81. The lowest BCUT2D eigenvalue weighted by Crippen LogP contribution is -2.30. The molecule has 0 spiro atoms. The normalized spacial score (nSPS) is 13.0. The second-order valence-electron chi connectivity index (χ2n) is 5.91. The summed E-state index contributed by atoms with van der Waals surface area (Å²) in [5, 5.41) is 2.87. The summed E-state index contributed by atoms with van der Waals surface area (Å²) in [6.07, 6.45) is 0.0732. The molecule has 2 aromatic rings. The van der Waals surface area contributed by atoms with Crippen molar-refractivity contribution >= 4 is 33.5 Å². The molecule has 4 nitrogen and oxygen atoms in total. The van der Waals surface area contributed by atoms with Crippen molar-refractivity contribution in [2.45, 2.75) is 39.2 Å². The van der Waals surface area contributed by atoms with Crippen molar-refractivity contribution in [2.75, 3.05) is 5.32 Å². The fourth-order valence-electron chi connectivity index (χ4n) is 2.40. The third kappa shape index (κ3) is 4.92. The van der Waals surface area contributed by atoms with Gasteiger partial charge in [0.25, 0.3) is 5.91 Å². The topological polar surface area (TPSA) is 55.4 Å². The fourth-order valence-corrected chi connectivity index (χ4v) is 2.85. The van der Waals surface area contributed by atoms with E-state index in [9.17, 15) is 9.59 Å².